The zero-order chi connectivity index (χ0) is 15.8. The van der Waals surface area contributed by atoms with Crippen LogP contribution in [0.3, 0.4) is 0 Å². The van der Waals surface area contributed by atoms with E-state index in [9.17, 15) is 0 Å². The fraction of sp³-hybridized carbons (Fsp3) is 0.143. The van der Waals surface area contributed by atoms with E-state index in [1.165, 1.54) is 21.5 Å². The van der Waals surface area contributed by atoms with Gasteiger partial charge >= 0.3 is 0 Å². The topological polar surface area (TPSA) is 0 Å². The second-order valence-electron chi connectivity index (χ2n) is 4.84. The minimum atomic E-state index is -0.458. The maximum Gasteiger partial charge on any atom is -0.0134 e. The van der Waals surface area contributed by atoms with Crippen LogP contribution in [0.2, 0.25) is 0 Å². The van der Waals surface area contributed by atoms with E-state index in [1.807, 2.05) is 13.8 Å². The molecular weight excluding hydrogens is 283 g/mol. The minimum absolute atomic E-state index is 0.458. The fourth-order valence-electron chi connectivity index (χ4n) is 2.30. The summed E-state index contributed by atoms with van der Waals surface area (Å²) in [7, 11) is -0.458. The Morgan fingerprint density at radius 2 is 0.864 bits per heavy atom. The Kier molecular flexibility index (Phi) is 6.37. The third-order valence-corrected chi connectivity index (χ3v) is 5.76. The standard InChI is InChI=1S/C19H17P.C2H6/c1-16-12-14-19(15-13-16)20(17-8-4-2-5-9-17)18-10-6-3-7-11-18;1-2/h2-15H,1H3;1-2H3. The van der Waals surface area contributed by atoms with Crippen molar-refractivity contribution in [3.8, 4) is 0 Å². The molecule has 22 heavy (non-hydrogen) atoms. The van der Waals surface area contributed by atoms with Gasteiger partial charge in [-0.2, -0.15) is 0 Å². The molecule has 0 bridgehead atoms. The molecule has 0 nitrogen and oxygen atoms in total. The lowest BCUT2D eigenvalue weighted by Crippen LogP contribution is -2.20. The quantitative estimate of drug-likeness (QED) is 0.611. The highest BCUT2D eigenvalue weighted by molar-refractivity contribution is 7.79. The smallest absolute Gasteiger partial charge is 0.0134 e. The molecule has 0 saturated carbocycles. The average molecular weight is 306 g/mol. The Bertz CT molecular complexity index is 618. The van der Waals surface area contributed by atoms with Gasteiger partial charge in [-0.05, 0) is 30.8 Å². The molecule has 0 atom stereocenters. The second-order valence-corrected chi connectivity index (χ2v) is 7.06. The molecule has 3 rings (SSSR count). The summed E-state index contributed by atoms with van der Waals surface area (Å²) in [6.07, 6.45) is 0. The highest BCUT2D eigenvalue weighted by Gasteiger charge is 2.15. The molecule has 3 aromatic carbocycles. The van der Waals surface area contributed by atoms with Gasteiger partial charge < -0.3 is 0 Å². The van der Waals surface area contributed by atoms with Crippen LogP contribution in [-0.2, 0) is 0 Å². The van der Waals surface area contributed by atoms with E-state index in [-0.39, 0.29) is 0 Å². The molecular formula is C21H23P. The summed E-state index contributed by atoms with van der Waals surface area (Å²) in [5.74, 6) is 0. The molecule has 0 saturated heterocycles. The van der Waals surface area contributed by atoms with Crippen molar-refractivity contribution in [2.24, 2.45) is 0 Å². The summed E-state index contributed by atoms with van der Waals surface area (Å²) < 4.78 is 0. The molecule has 3 aromatic rings. The molecule has 0 aliphatic heterocycles. The first-order chi connectivity index (χ1) is 10.8. The largest absolute Gasteiger partial charge is 0.0683 e. The van der Waals surface area contributed by atoms with Crippen LogP contribution in [0.15, 0.2) is 84.9 Å². The average Bonchev–Trinajstić information content (AvgIpc) is 2.61. The van der Waals surface area contributed by atoms with Crippen LogP contribution < -0.4 is 15.9 Å². The highest BCUT2D eigenvalue weighted by Crippen LogP contribution is 2.32. The van der Waals surface area contributed by atoms with E-state index in [2.05, 4.69) is 91.9 Å². The van der Waals surface area contributed by atoms with Gasteiger partial charge in [0.05, 0.1) is 0 Å². The molecule has 0 amide bonds. The summed E-state index contributed by atoms with van der Waals surface area (Å²) >= 11 is 0. The van der Waals surface area contributed by atoms with E-state index < -0.39 is 7.92 Å². The van der Waals surface area contributed by atoms with Crippen LogP contribution in [-0.4, -0.2) is 0 Å². The van der Waals surface area contributed by atoms with E-state index >= 15 is 0 Å². The first-order valence-electron chi connectivity index (χ1n) is 7.81. The predicted octanol–water partition coefficient (Wildman–Crippen LogP) is 4.78. The van der Waals surface area contributed by atoms with Gasteiger partial charge in [0.1, 0.15) is 0 Å². The second kappa shape index (κ2) is 8.51. The molecule has 0 spiro atoms. The fourth-order valence-corrected chi connectivity index (χ4v) is 4.58. The zero-order valence-electron chi connectivity index (χ0n) is 13.5. The van der Waals surface area contributed by atoms with Crippen LogP contribution in [0.1, 0.15) is 19.4 Å². The SMILES string of the molecule is CC.Cc1ccc(P(c2ccccc2)c2ccccc2)cc1. The van der Waals surface area contributed by atoms with Gasteiger partial charge in [0.25, 0.3) is 0 Å². The van der Waals surface area contributed by atoms with Gasteiger partial charge in [-0.3, -0.25) is 0 Å². The van der Waals surface area contributed by atoms with Crippen LogP contribution in [0.4, 0.5) is 0 Å². The van der Waals surface area contributed by atoms with Crippen molar-refractivity contribution in [1.29, 1.82) is 0 Å². The van der Waals surface area contributed by atoms with Gasteiger partial charge in [0, 0.05) is 0 Å². The van der Waals surface area contributed by atoms with Crippen molar-refractivity contribution in [2.75, 3.05) is 0 Å². The molecule has 112 valence electrons. The molecule has 0 radical (unpaired) electrons. The van der Waals surface area contributed by atoms with Crippen molar-refractivity contribution >= 4 is 23.8 Å². The third kappa shape index (κ3) is 4.06. The monoisotopic (exact) mass is 306 g/mol. The van der Waals surface area contributed by atoms with Crippen molar-refractivity contribution in [3.05, 3.63) is 90.5 Å². The Morgan fingerprint density at radius 1 is 0.500 bits per heavy atom. The zero-order valence-corrected chi connectivity index (χ0v) is 14.4. The Labute approximate surface area is 135 Å². The number of hydrogen-bond donors (Lipinski definition) is 0. The predicted molar refractivity (Wildman–Crippen MR) is 101 cm³/mol. The summed E-state index contributed by atoms with van der Waals surface area (Å²) in [6.45, 7) is 6.14. The van der Waals surface area contributed by atoms with Gasteiger partial charge in [-0.25, -0.2) is 0 Å². The van der Waals surface area contributed by atoms with Crippen LogP contribution in [0.25, 0.3) is 0 Å². The van der Waals surface area contributed by atoms with Gasteiger partial charge in [0.2, 0.25) is 0 Å². The number of aryl methyl sites for hydroxylation is 1. The Hall–Kier alpha value is -1.91. The van der Waals surface area contributed by atoms with Gasteiger partial charge in [-0.1, -0.05) is 104 Å². The lowest BCUT2D eigenvalue weighted by molar-refractivity contribution is 1.49. The van der Waals surface area contributed by atoms with E-state index in [0.717, 1.165) is 0 Å². The molecule has 0 heterocycles. The molecule has 0 aliphatic rings. The minimum Gasteiger partial charge on any atom is -0.0683 e. The van der Waals surface area contributed by atoms with Crippen LogP contribution in [0, 0.1) is 6.92 Å². The lowest BCUT2D eigenvalue weighted by Gasteiger charge is -2.19. The third-order valence-electron chi connectivity index (χ3n) is 3.32. The van der Waals surface area contributed by atoms with Crippen molar-refractivity contribution < 1.29 is 0 Å². The molecule has 0 unspecified atom stereocenters. The summed E-state index contributed by atoms with van der Waals surface area (Å²) in [5, 5.41) is 4.21. The number of benzene rings is 3. The van der Waals surface area contributed by atoms with E-state index in [4.69, 9.17) is 0 Å². The lowest BCUT2D eigenvalue weighted by atomic mass is 10.2. The van der Waals surface area contributed by atoms with Crippen LogP contribution >= 0.6 is 7.92 Å². The molecule has 0 aliphatic carbocycles. The summed E-state index contributed by atoms with van der Waals surface area (Å²) in [5.41, 5.74) is 1.31. The summed E-state index contributed by atoms with van der Waals surface area (Å²) in [4.78, 5) is 0. The highest BCUT2D eigenvalue weighted by atomic mass is 31.1. The molecule has 0 aromatic heterocycles. The van der Waals surface area contributed by atoms with Gasteiger partial charge in [0.15, 0.2) is 0 Å². The molecule has 0 N–H and O–H groups in total. The summed E-state index contributed by atoms with van der Waals surface area (Å²) in [6, 6.07) is 30.5. The van der Waals surface area contributed by atoms with E-state index in [1.54, 1.807) is 0 Å². The van der Waals surface area contributed by atoms with E-state index in [0.29, 0.717) is 0 Å². The normalized spacial score (nSPS) is 10.0. The van der Waals surface area contributed by atoms with Crippen molar-refractivity contribution in [2.45, 2.75) is 20.8 Å². The molecule has 1 heteroatoms. The Morgan fingerprint density at radius 3 is 1.27 bits per heavy atom. The van der Waals surface area contributed by atoms with Crippen molar-refractivity contribution in [1.82, 2.24) is 0 Å². The maximum atomic E-state index is 2.26. The Balaban J connectivity index is 0.000000847. The maximum absolute atomic E-state index is 2.26. The number of rotatable bonds is 3. The van der Waals surface area contributed by atoms with Gasteiger partial charge in [-0.15, -0.1) is 0 Å². The molecule has 0 fully saturated rings. The first-order valence-corrected chi connectivity index (χ1v) is 9.16. The number of hydrogen-bond acceptors (Lipinski definition) is 0. The van der Waals surface area contributed by atoms with Crippen molar-refractivity contribution in [3.63, 3.8) is 0 Å². The first kappa shape index (κ1) is 16.5. The van der Waals surface area contributed by atoms with Crippen LogP contribution in [0.5, 0.6) is 0 Å².